The van der Waals surface area contributed by atoms with E-state index in [9.17, 15) is 9.59 Å². The average Bonchev–Trinajstić information content (AvgIpc) is 2.31. The fraction of sp³-hybridized carbons (Fsp3) is 0.538. The molecule has 2 N–H and O–H groups in total. The molecule has 0 fully saturated rings. The maximum Gasteiger partial charge on any atom is 0.256 e. The lowest BCUT2D eigenvalue weighted by molar-refractivity contribution is 0.0923. The molecule has 0 bridgehead atoms. The molecule has 1 amide bonds. The van der Waals surface area contributed by atoms with Gasteiger partial charge in [0.2, 0.25) is 0 Å². The summed E-state index contributed by atoms with van der Waals surface area (Å²) in [6, 6.07) is 1.44. The van der Waals surface area contributed by atoms with Gasteiger partial charge in [-0.05, 0) is 12.8 Å². The number of aromatic amines is 1. The van der Waals surface area contributed by atoms with E-state index in [4.69, 9.17) is 0 Å². The van der Waals surface area contributed by atoms with E-state index >= 15 is 0 Å². The molecule has 0 aliphatic heterocycles. The number of carbonyl (C=O) groups excluding carboxylic acids is 1. The molecule has 1 rings (SSSR count). The van der Waals surface area contributed by atoms with Gasteiger partial charge in [0.25, 0.3) is 5.91 Å². The van der Waals surface area contributed by atoms with Crippen molar-refractivity contribution in [3.05, 3.63) is 34.2 Å². The summed E-state index contributed by atoms with van der Waals surface area (Å²) in [5.74, 6) is 0.146. The fourth-order valence-corrected chi connectivity index (χ4v) is 1.99. The molecule has 0 aliphatic carbocycles. The molecule has 1 atom stereocenters. The van der Waals surface area contributed by atoms with Gasteiger partial charge in [-0.25, -0.2) is 0 Å². The largest absolute Gasteiger partial charge is 0.367 e. The maximum absolute atomic E-state index is 11.9. The van der Waals surface area contributed by atoms with Crippen molar-refractivity contribution in [1.29, 1.82) is 0 Å². The van der Waals surface area contributed by atoms with E-state index in [1.165, 1.54) is 18.5 Å². The van der Waals surface area contributed by atoms with Gasteiger partial charge >= 0.3 is 0 Å². The van der Waals surface area contributed by atoms with E-state index < -0.39 is 0 Å². The molecule has 0 aromatic carbocycles. The van der Waals surface area contributed by atoms with Gasteiger partial charge in [0.15, 0.2) is 5.43 Å². The Balaban J connectivity index is 2.73. The third kappa shape index (κ3) is 3.44. The molecule has 1 aromatic rings. The Kier molecular flexibility index (Phi) is 4.94. The van der Waals surface area contributed by atoms with Crippen LogP contribution >= 0.6 is 0 Å². The third-order valence-corrected chi connectivity index (χ3v) is 3.18. The standard InChI is InChI=1S/C13H20N2O2/c1-4-10(5-2)9(3)15-13(17)11-8-14-7-6-12(11)16/h6-10H,4-5H2,1-3H3,(H,14,16)(H,15,17). The van der Waals surface area contributed by atoms with Gasteiger partial charge in [-0.15, -0.1) is 0 Å². The Bertz CT molecular complexity index is 421. The number of carbonyl (C=O) groups is 1. The average molecular weight is 236 g/mol. The SMILES string of the molecule is CCC(CC)C(C)NC(=O)c1c[nH]ccc1=O. The normalized spacial score (nSPS) is 12.5. The molecule has 0 spiro atoms. The Morgan fingerprint density at radius 3 is 2.59 bits per heavy atom. The van der Waals surface area contributed by atoms with Crippen molar-refractivity contribution >= 4 is 5.91 Å². The van der Waals surface area contributed by atoms with Gasteiger partial charge in [-0.3, -0.25) is 9.59 Å². The van der Waals surface area contributed by atoms with Crippen LogP contribution in [0.2, 0.25) is 0 Å². The molecule has 0 aliphatic rings. The number of nitrogens with one attached hydrogen (secondary N) is 2. The first kappa shape index (κ1) is 13.5. The Hall–Kier alpha value is -1.58. The van der Waals surface area contributed by atoms with Crippen molar-refractivity contribution in [2.24, 2.45) is 5.92 Å². The molecule has 4 heteroatoms. The smallest absolute Gasteiger partial charge is 0.256 e. The summed E-state index contributed by atoms with van der Waals surface area (Å²) in [7, 11) is 0. The van der Waals surface area contributed by atoms with Gasteiger partial charge in [0.05, 0.1) is 0 Å². The summed E-state index contributed by atoms with van der Waals surface area (Å²) in [5.41, 5.74) is -0.0803. The van der Waals surface area contributed by atoms with E-state index in [0.29, 0.717) is 5.92 Å². The van der Waals surface area contributed by atoms with E-state index in [1.807, 2.05) is 6.92 Å². The molecule has 1 unspecified atom stereocenters. The maximum atomic E-state index is 11.9. The van der Waals surface area contributed by atoms with Gasteiger partial charge in [-0.2, -0.15) is 0 Å². The number of aromatic nitrogens is 1. The summed E-state index contributed by atoms with van der Waals surface area (Å²) < 4.78 is 0. The van der Waals surface area contributed by atoms with Crippen LogP contribution < -0.4 is 10.7 Å². The first-order chi connectivity index (χ1) is 8.10. The number of pyridine rings is 1. The second kappa shape index (κ2) is 6.23. The van der Waals surface area contributed by atoms with Crippen LogP contribution in [0.1, 0.15) is 44.0 Å². The van der Waals surface area contributed by atoms with Crippen molar-refractivity contribution in [1.82, 2.24) is 10.3 Å². The second-order valence-electron chi connectivity index (χ2n) is 4.26. The van der Waals surface area contributed by atoms with Crippen LogP contribution in [-0.4, -0.2) is 16.9 Å². The number of rotatable bonds is 5. The van der Waals surface area contributed by atoms with E-state index in [1.54, 1.807) is 0 Å². The van der Waals surface area contributed by atoms with Gasteiger partial charge < -0.3 is 10.3 Å². The molecule has 4 nitrogen and oxygen atoms in total. The summed E-state index contributed by atoms with van der Waals surface area (Å²) in [4.78, 5) is 26.1. The highest BCUT2D eigenvalue weighted by molar-refractivity contribution is 5.93. The Labute approximate surface area is 101 Å². The van der Waals surface area contributed by atoms with Crippen molar-refractivity contribution < 1.29 is 4.79 Å². The number of hydrogen-bond donors (Lipinski definition) is 2. The van der Waals surface area contributed by atoms with Crippen molar-refractivity contribution in [3.63, 3.8) is 0 Å². The minimum absolute atomic E-state index is 0.0807. The number of amides is 1. The first-order valence-electron chi connectivity index (χ1n) is 6.08. The monoisotopic (exact) mass is 236 g/mol. The molecule has 0 radical (unpaired) electrons. The highest BCUT2D eigenvalue weighted by atomic mass is 16.2. The number of H-pyrrole nitrogens is 1. The Morgan fingerprint density at radius 1 is 1.41 bits per heavy atom. The van der Waals surface area contributed by atoms with Crippen LogP contribution in [0.3, 0.4) is 0 Å². The molecular weight excluding hydrogens is 216 g/mol. The third-order valence-electron chi connectivity index (χ3n) is 3.18. The summed E-state index contributed by atoms with van der Waals surface area (Å²) >= 11 is 0. The minimum atomic E-state index is -0.300. The zero-order valence-electron chi connectivity index (χ0n) is 10.6. The highest BCUT2D eigenvalue weighted by Gasteiger charge is 2.17. The quantitative estimate of drug-likeness (QED) is 0.820. The van der Waals surface area contributed by atoms with Crippen LogP contribution in [0.25, 0.3) is 0 Å². The molecule has 0 saturated carbocycles. The van der Waals surface area contributed by atoms with E-state index in [0.717, 1.165) is 12.8 Å². The minimum Gasteiger partial charge on any atom is -0.367 e. The van der Waals surface area contributed by atoms with E-state index in [2.05, 4.69) is 24.1 Å². The van der Waals surface area contributed by atoms with Gasteiger partial charge in [-0.1, -0.05) is 26.7 Å². The van der Waals surface area contributed by atoms with Crippen LogP contribution in [0.4, 0.5) is 0 Å². The molecule has 94 valence electrons. The van der Waals surface area contributed by atoms with Crippen LogP contribution in [0.15, 0.2) is 23.3 Å². The summed E-state index contributed by atoms with van der Waals surface area (Å²) in [6.45, 7) is 6.19. The number of hydrogen-bond acceptors (Lipinski definition) is 2. The van der Waals surface area contributed by atoms with Crippen LogP contribution in [0.5, 0.6) is 0 Å². The second-order valence-corrected chi connectivity index (χ2v) is 4.26. The highest BCUT2D eigenvalue weighted by Crippen LogP contribution is 2.12. The van der Waals surface area contributed by atoms with Crippen LogP contribution in [-0.2, 0) is 0 Å². The zero-order chi connectivity index (χ0) is 12.8. The first-order valence-corrected chi connectivity index (χ1v) is 6.08. The van der Waals surface area contributed by atoms with Crippen molar-refractivity contribution in [2.45, 2.75) is 39.7 Å². The lowest BCUT2D eigenvalue weighted by Gasteiger charge is -2.22. The topological polar surface area (TPSA) is 62.0 Å². The fourth-order valence-electron chi connectivity index (χ4n) is 1.99. The Morgan fingerprint density at radius 2 is 2.06 bits per heavy atom. The summed E-state index contributed by atoms with van der Waals surface area (Å²) in [5, 5.41) is 2.88. The van der Waals surface area contributed by atoms with Crippen molar-refractivity contribution in [2.75, 3.05) is 0 Å². The predicted molar refractivity (Wildman–Crippen MR) is 68.1 cm³/mol. The van der Waals surface area contributed by atoms with Gasteiger partial charge in [0.1, 0.15) is 5.56 Å². The molecule has 17 heavy (non-hydrogen) atoms. The molecule has 1 aromatic heterocycles. The van der Waals surface area contributed by atoms with Gasteiger partial charge in [0, 0.05) is 24.5 Å². The molecule has 0 saturated heterocycles. The van der Waals surface area contributed by atoms with Crippen LogP contribution in [0, 0.1) is 5.92 Å². The molecular formula is C13H20N2O2. The lowest BCUT2D eigenvalue weighted by atomic mass is 9.95. The van der Waals surface area contributed by atoms with Crippen molar-refractivity contribution in [3.8, 4) is 0 Å². The zero-order valence-corrected chi connectivity index (χ0v) is 10.6. The summed E-state index contributed by atoms with van der Waals surface area (Å²) in [6.07, 6.45) is 4.99. The molecule has 1 heterocycles. The lowest BCUT2D eigenvalue weighted by Crippen LogP contribution is -2.39. The predicted octanol–water partition coefficient (Wildman–Crippen LogP) is 1.93. The van der Waals surface area contributed by atoms with E-state index in [-0.39, 0.29) is 22.9 Å².